The fraction of sp³-hybridized carbons (Fsp3) is 0.800. The molecule has 15 heavy (non-hydrogen) atoms. The van der Waals surface area contributed by atoms with Crippen LogP contribution in [0.5, 0.6) is 0 Å². The quantitative estimate of drug-likeness (QED) is 0.624. The fourth-order valence-corrected chi connectivity index (χ4v) is 2.67. The topological polar surface area (TPSA) is 69.6 Å². The first-order chi connectivity index (χ1) is 7.17. The van der Waals surface area contributed by atoms with Crippen LogP contribution in [0.15, 0.2) is 0 Å². The molecule has 2 aliphatic rings. The Hall–Kier alpha value is -1.26. The molecule has 2 amide bonds. The van der Waals surface area contributed by atoms with Gasteiger partial charge in [-0.25, -0.2) is 4.79 Å². The lowest BCUT2D eigenvalue weighted by atomic mass is 9.80. The minimum absolute atomic E-state index is 0.101. The van der Waals surface area contributed by atoms with E-state index in [4.69, 9.17) is 5.11 Å². The summed E-state index contributed by atoms with van der Waals surface area (Å²) < 4.78 is 0. The monoisotopic (exact) mass is 212 g/mol. The first-order valence-corrected chi connectivity index (χ1v) is 5.46. The molecule has 0 bridgehead atoms. The second-order valence-corrected chi connectivity index (χ2v) is 4.28. The Morgan fingerprint density at radius 3 is 2.73 bits per heavy atom. The minimum atomic E-state index is -0.966. The average Bonchev–Trinajstić information content (AvgIpc) is 2.23. The number of carbonyl (C=O) groups excluding carboxylic acids is 1. The summed E-state index contributed by atoms with van der Waals surface area (Å²) in [6.45, 7) is 1.16. The van der Waals surface area contributed by atoms with Crippen LogP contribution in [0.2, 0.25) is 0 Å². The van der Waals surface area contributed by atoms with Crippen molar-refractivity contribution in [2.75, 3.05) is 13.1 Å². The first-order valence-electron chi connectivity index (χ1n) is 5.46. The third-order valence-electron chi connectivity index (χ3n) is 3.45. The Morgan fingerprint density at radius 1 is 1.33 bits per heavy atom. The van der Waals surface area contributed by atoms with Gasteiger partial charge in [0.05, 0.1) is 0 Å². The predicted octanol–water partition coefficient (Wildman–Crippen LogP) is 0.799. The van der Waals surface area contributed by atoms with Crippen LogP contribution in [0.3, 0.4) is 0 Å². The molecule has 0 aromatic heterocycles. The van der Waals surface area contributed by atoms with Crippen molar-refractivity contribution in [2.24, 2.45) is 0 Å². The molecule has 0 radical (unpaired) electrons. The average molecular weight is 212 g/mol. The summed E-state index contributed by atoms with van der Waals surface area (Å²) in [4.78, 5) is 24.3. The third-order valence-corrected chi connectivity index (χ3v) is 3.45. The Bertz CT molecular complexity index is 286. The van der Waals surface area contributed by atoms with Crippen LogP contribution in [0.1, 0.15) is 32.1 Å². The van der Waals surface area contributed by atoms with Crippen molar-refractivity contribution in [1.29, 1.82) is 0 Å². The largest absolute Gasteiger partial charge is 0.465 e. The summed E-state index contributed by atoms with van der Waals surface area (Å²) in [6, 6.07) is 0. The normalized spacial score (nSPS) is 31.5. The Kier molecular flexibility index (Phi) is 2.54. The van der Waals surface area contributed by atoms with Gasteiger partial charge in [-0.15, -0.1) is 0 Å². The number of nitrogens with zero attached hydrogens (tertiary/aromatic N) is 1. The Labute approximate surface area is 88.4 Å². The van der Waals surface area contributed by atoms with E-state index >= 15 is 0 Å². The van der Waals surface area contributed by atoms with Crippen molar-refractivity contribution < 1.29 is 14.7 Å². The molecule has 2 aliphatic heterocycles. The van der Waals surface area contributed by atoms with Crippen molar-refractivity contribution in [3.63, 3.8) is 0 Å². The smallest absolute Gasteiger partial charge is 0.408 e. The number of amides is 2. The molecule has 0 saturated carbocycles. The third kappa shape index (κ3) is 1.56. The van der Waals surface area contributed by atoms with Gasteiger partial charge in [0.1, 0.15) is 5.54 Å². The van der Waals surface area contributed by atoms with Crippen LogP contribution in [0, 0.1) is 0 Å². The molecular formula is C10H16N2O3. The standard InChI is InChI=1S/C10H16N2O3/c13-8-10(5-3-6-11-8)4-1-2-7-12(10)9(14)15/h1-7H2,(H,11,13)(H,14,15). The predicted molar refractivity (Wildman–Crippen MR) is 53.6 cm³/mol. The summed E-state index contributed by atoms with van der Waals surface area (Å²) >= 11 is 0. The highest BCUT2D eigenvalue weighted by atomic mass is 16.4. The molecule has 0 aromatic carbocycles. The zero-order valence-electron chi connectivity index (χ0n) is 8.66. The number of piperidine rings is 2. The maximum Gasteiger partial charge on any atom is 0.408 e. The molecular weight excluding hydrogens is 196 g/mol. The minimum Gasteiger partial charge on any atom is -0.465 e. The number of rotatable bonds is 0. The number of hydrogen-bond acceptors (Lipinski definition) is 2. The Balaban J connectivity index is 2.27. The zero-order chi connectivity index (χ0) is 10.9. The van der Waals surface area contributed by atoms with Gasteiger partial charge in [-0.3, -0.25) is 9.69 Å². The summed E-state index contributed by atoms with van der Waals surface area (Å²) in [5.41, 5.74) is -0.762. The lowest BCUT2D eigenvalue weighted by Crippen LogP contribution is -2.64. The van der Waals surface area contributed by atoms with Crippen molar-refractivity contribution in [3.8, 4) is 0 Å². The SMILES string of the molecule is O=C(O)N1CCCCC12CCCNC2=O. The Morgan fingerprint density at radius 2 is 2.07 bits per heavy atom. The maximum absolute atomic E-state index is 11.9. The zero-order valence-corrected chi connectivity index (χ0v) is 8.66. The molecule has 2 rings (SSSR count). The van der Waals surface area contributed by atoms with E-state index in [2.05, 4.69) is 5.32 Å². The van der Waals surface area contributed by atoms with Crippen molar-refractivity contribution in [3.05, 3.63) is 0 Å². The van der Waals surface area contributed by atoms with Gasteiger partial charge >= 0.3 is 6.09 Å². The molecule has 2 saturated heterocycles. The number of carboxylic acid groups (broad SMARTS) is 1. The molecule has 84 valence electrons. The van der Waals surface area contributed by atoms with E-state index in [0.717, 1.165) is 19.3 Å². The highest BCUT2D eigenvalue weighted by molar-refractivity contribution is 5.90. The molecule has 1 spiro atoms. The van der Waals surface area contributed by atoms with E-state index < -0.39 is 11.6 Å². The summed E-state index contributed by atoms with van der Waals surface area (Å²) in [5.74, 6) is -0.101. The van der Waals surface area contributed by atoms with Crippen molar-refractivity contribution >= 4 is 12.0 Å². The van der Waals surface area contributed by atoms with E-state index in [1.165, 1.54) is 4.90 Å². The fourth-order valence-electron chi connectivity index (χ4n) is 2.67. The summed E-state index contributed by atoms with van der Waals surface area (Å²) in [6.07, 6.45) is 3.05. The van der Waals surface area contributed by atoms with Crippen LogP contribution in [0.25, 0.3) is 0 Å². The van der Waals surface area contributed by atoms with E-state index in [9.17, 15) is 9.59 Å². The van der Waals surface area contributed by atoms with E-state index in [0.29, 0.717) is 25.9 Å². The molecule has 2 N–H and O–H groups in total. The molecule has 2 heterocycles. The highest BCUT2D eigenvalue weighted by Gasteiger charge is 2.48. The number of nitrogens with one attached hydrogen (secondary N) is 1. The van der Waals surface area contributed by atoms with Crippen LogP contribution < -0.4 is 5.32 Å². The summed E-state index contributed by atoms with van der Waals surface area (Å²) in [5, 5.41) is 11.9. The second kappa shape index (κ2) is 3.72. The molecule has 1 atom stereocenters. The van der Waals surface area contributed by atoms with Gasteiger partial charge in [0, 0.05) is 13.1 Å². The van der Waals surface area contributed by atoms with Crippen LogP contribution in [0.4, 0.5) is 4.79 Å². The van der Waals surface area contributed by atoms with Crippen molar-refractivity contribution in [2.45, 2.75) is 37.6 Å². The van der Waals surface area contributed by atoms with E-state index in [1.807, 2.05) is 0 Å². The lowest BCUT2D eigenvalue weighted by Gasteiger charge is -2.46. The molecule has 0 aliphatic carbocycles. The van der Waals surface area contributed by atoms with Gasteiger partial charge in [-0.05, 0) is 32.1 Å². The van der Waals surface area contributed by atoms with Gasteiger partial charge in [0.25, 0.3) is 0 Å². The molecule has 0 aromatic rings. The van der Waals surface area contributed by atoms with Crippen LogP contribution in [-0.2, 0) is 4.79 Å². The van der Waals surface area contributed by atoms with Gasteiger partial charge in [-0.1, -0.05) is 0 Å². The molecule has 1 unspecified atom stereocenters. The first kappa shape index (κ1) is 10.3. The van der Waals surface area contributed by atoms with E-state index in [-0.39, 0.29) is 5.91 Å². The van der Waals surface area contributed by atoms with Crippen LogP contribution in [-0.4, -0.2) is 40.6 Å². The molecule has 5 nitrogen and oxygen atoms in total. The van der Waals surface area contributed by atoms with Crippen molar-refractivity contribution in [1.82, 2.24) is 10.2 Å². The number of hydrogen-bond donors (Lipinski definition) is 2. The lowest BCUT2D eigenvalue weighted by molar-refractivity contribution is -0.137. The maximum atomic E-state index is 11.9. The number of carbonyl (C=O) groups is 2. The number of likely N-dealkylation sites (tertiary alicyclic amines) is 1. The molecule has 5 heteroatoms. The second-order valence-electron chi connectivity index (χ2n) is 4.28. The van der Waals surface area contributed by atoms with Gasteiger partial charge in [0.2, 0.25) is 5.91 Å². The van der Waals surface area contributed by atoms with E-state index in [1.54, 1.807) is 0 Å². The van der Waals surface area contributed by atoms with Gasteiger partial charge in [-0.2, -0.15) is 0 Å². The van der Waals surface area contributed by atoms with Gasteiger partial charge in [0.15, 0.2) is 0 Å². The van der Waals surface area contributed by atoms with Crippen LogP contribution >= 0.6 is 0 Å². The highest BCUT2D eigenvalue weighted by Crippen LogP contribution is 2.34. The van der Waals surface area contributed by atoms with Gasteiger partial charge < -0.3 is 10.4 Å². The summed E-state index contributed by atoms with van der Waals surface area (Å²) in [7, 11) is 0. The molecule has 2 fully saturated rings.